The van der Waals surface area contributed by atoms with Gasteiger partial charge in [0.05, 0.1) is 0 Å². The standard InChI is InChI=1S/C30H35Cl2N5/c31-28-3-1-4-29(32)27(28)20-36-15-13-35(14-16-36)19-23-7-10-30-25(17-23)26(21-37(30)12-2-11-33)24-8-5-22(18-34)6-9-24/h1,3-10,17,21H,2,11-16,18-20,33-34H2. The molecule has 4 aromatic rings. The minimum atomic E-state index is 0.557. The fourth-order valence-electron chi connectivity index (χ4n) is 5.21. The average Bonchev–Trinajstić information content (AvgIpc) is 3.28. The van der Waals surface area contributed by atoms with Crippen LogP contribution in [0.4, 0.5) is 0 Å². The molecule has 0 unspecified atom stereocenters. The molecule has 0 amide bonds. The number of halogens is 2. The second-order valence-corrected chi connectivity index (χ2v) is 10.7. The molecule has 1 saturated heterocycles. The first-order valence-electron chi connectivity index (χ1n) is 13.0. The summed E-state index contributed by atoms with van der Waals surface area (Å²) in [7, 11) is 0. The lowest BCUT2D eigenvalue weighted by Crippen LogP contribution is -2.45. The van der Waals surface area contributed by atoms with Gasteiger partial charge in [0.2, 0.25) is 0 Å². The van der Waals surface area contributed by atoms with Crippen LogP contribution in [0.1, 0.15) is 23.1 Å². The minimum Gasteiger partial charge on any atom is -0.347 e. The number of rotatable bonds is 9. The number of hydrogen-bond acceptors (Lipinski definition) is 4. The molecular weight excluding hydrogens is 501 g/mol. The fraction of sp³-hybridized carbons (Fsp3) is 0.333. The third-order valence-corrected chi connectivity index (χ3v) is 8.07. The Morgan fingerprint density at radius 2 is 1.41 bits per heavy atom. The highest BCUT2D eigenvalue weighted by atomic mass is 35.5. The van der Waals surface area contributed by atoms with Crippen molar-refractivity contribution < 1.29 is 0 Å². The lowest BCUT2D eigenvalue weighted by molar-refractivity contribution is 0.122. The monoisotopic (exact) mass is 535 g/mol. The van der Waals surface area contributed by atoms with Gasteiger partial charge >= 0.3 is 0 Å². The number of aryl methyl sites for hydroxylation is 1. The molecule has 5 nitrogen and oxygen atoms in total. The van der Waals surface area contributed by atoms with Gasteiger partial charge in [0.1, 0.15) is 0 Å². The van der Waals surface area contributed by atoms with Crippen molar-refractivity contribution in [3.8, 4) is 11.1 Å². The van der Waals surface area contributed by atoms with Crippen LogP contribution in [0, 0.1) is 0 Å². The van der Waals surface area contributed by atoms with Crippen molar-refractivity contribution in [3.05, 3.63) is 93.6 Å². The zero-order valence-corrected chi connectivity index (χ0v) is 22.7. The highest BCUT2D eigenvalue weighted by Crippen LogP contribution is 2.32. The van der Waals surface area contributed by atoms with Gasteiger partial charge in [-0.1, -0.05) is 59.6 Å². The Labute approximate surface area is 229 Å². The van der Waals surface area contributed by atoms with E-state index in [0.717, 1.165) is 73.4 Å². The maximum absolute atomic E-state index is 6.40. The number of nitrogens with zero attached hydrogens (tertiary/aromatic N) is 3. The Kier molecular flexibility index (Phi) is 8.50. The van der Waals surface area contributed by atoms with E-state index in [1.54, 1.807) is 0 Å². The van der Waals surface area contributed by atoms with Crippen molar-refractivity contribution in [2.24, 2.45) is 11.5 Å². The molecule has 1 aromatic heterocycles. The molecule has 1 aliphatic rings. The summed E-state index contributed by atoms with van der Waals surface area (Å²) in [5, 5.41) is 2.78. The van der Waals surface area contributed by atoms with Gasteiger partial charge in [0.15, 0.2) is 0 Å². The molecule has 5 rings (SSSR count). The molecule has 194 valence electrons. The van der Waals surface area contributed by atoms with Gasteiger partial charge in [0.25, 0.3) is 0 Å². The number of benzene rings is 3. The molecule has 0 bridgehead atoms. The molecule has 7 heteroatoms. The predicted octanol–water partition coefficient (Wildman–Crippen LogP) is 5.74. The van der Waals surface area contributed by atoms with E-state index in [2.05, 4.69) is 63.0 Å². The molecular formula is C30H35Cl2N5. The summed E-state index contributed by atoms with van der Waals surface area (Å²) in [5.41, 5.74) is 18.9. The lowest BCUT2D eigenvalue weighted by Gasteiger charge is -2.35. The first kappa shape index (κ1) is 26.2. The van der Waals surface area contributed by atoms with Gasteiger partial charge < -0.3 is 16.0 Å². The number of aromatic nitrogens is 1. The van der Waals surface area contributed by atoms with Crippen molar-refractivity contribution in [1.29, 1.82) is 0 Å². The first-order valence-corrected chi connectivity index (χ1v) is 13.8. The van der Waals surface area contributed by atoms with Crippen LogP contribution < -0.4 is 11.5 Å². The average molecular weight is 537 g/mol. The van der Waals surface area contributed by atoms with Gasteiger partial charge in [-0.25, -0.2) is 0 Å². The maximum atomic E-state index is 6.40. The van der Waals surface area contributed by atoms with Crippen LogP contribution in [0.25, 0.3) is 22.0 Å². The van der Waals surface area contributed by atoms with Gasteiger partial charge in [-0.05, 0) is 53.9 Å². The van der Waals surface area contributed by atoms with Crippen molar-refractivity contribution in [2.45, 2.75) is 32.6 Å². The van der Waals surface area contributed by atoms with Crippen LogP contribution in [0.2, 0.25) is 10.0 Å². The topological polar surface area (TPSA) is 63.5 Å². The van der Waals surface area contributed by atoms with Crippen molar-refractivity contribution in [1.82, 2.24) is 14.4 Å². The number of piperazine rings is 1. The Morgan fingerprint density at radius 3 is 2.05 bits per heavy atom. The molecule has 37 heavy (non-hydrogen) atoms. The van der Waals surface area contributed by atoms with Crippen molar-refractivity contribution >= 4 is 34.1 Å². The smallest absolute Gasteiger partial charge is 0.0486 e. The first-order chi connectivity index (χ1) is 18.1. The molecule has 1 aliphatic heterocycles. The summed E-state index contributed by atoms with van der Waals surface area (Å²) in [6, 6.07) is 21.3. The number of hydrogen-bond donors (Lipinski definition) is 2. The summed E-state index contributed by atoms with van der Waals surface area (Å²) < 4.78 is 2.34. The maximum Gasteiger partial charge on any atom is 0.0486 e. The van der Waals surface area contributed by atoms with E-state index in [4.69, 9.17) is 34.7 Å². The Hall–Kier alpha value is -2.38. The molecule has 2 heterocycles. The summed E-state index contributed by atoms with van der Waals surface area (Å²) in [6.07, 6.45) is 3.24. The zero-order chi connectivity index (χ0) is 25.8. The molecule has 3 aromatic carbocycles. The van der Waals surface area contributed by atoms with Crippen LogP contribution >= 0.6 is 23.2 Å². The molecule has 0 aliphatic carbocycles. The normalized spacial score (nSPS) is 15.0. The lowest BCUT2D eigenvalue weighted by atomic mass is 10.0. The molecule has 4 N–H and O–H groups in total. The second-order valence-electron chi connectivity index (χ2n) is 9.88. The fourth-order valence-corrected chi connectivity index (χ4v) is 5.73. The van der Waals surface area contributed by atoms with Crippen LogP contribution in [0.3, 0.4) is 0 Å². The van der Waals surface area contributed by atoms with Gasteiger partial charge in [0, 0.05) is 90.6 Å². The highest BCUT2D eigenvalue weighted by Gasteiger charge is 2.20. The third-order valence-electron chi connectivity index (χ3n) is 7.36. The van der Waals surface area contributed by atoms with Crippen LogP contribution in [0.15, 0.2) is 66.9 Å². The highest BCUT2D eigenvalue weighted by molar-refractivity contribution is 6.35. The quantitative estimate of drug-likeness (QED) is 0.286. The molecule has 0 spiro atoms. The van der Waals surface area contributed by atoms with Gasteiger partial charge in [-0.2, -0.15) is 0 Å². The largest absolute Gasteiger partial charge is 0.347 e. The summed E-state index contributed by atoms with van der Waals surface area (Å²) in [4.78, 5) is 4.97. The SMILES string of the molecule is NCCCn1cc(-c2ccc(CN)cc2)c2cc(CN3CCN(Cc4c(Cl)cccc4Cl)CC3)ccc21. The summed E-state index contributed by atoms with van der Waals surface area (Å²) in [6.45, 7) is 7.93. The molecule has 0 radical (unpaired) electrons. The molecule has 0 atom stereocenters. The van der Waals surface area contributed by atoms with Crippen LogP contribution in [-0.2, 0) is 26.2 Å². The Bertz CT molecular complexity index is 1320. The van der Waals surface area contributed by atoms with Gasteiger partial charge in [-0.15, -0.1) is 0 Å². The van der Waals surface area contributed by atoms with E-state index in [9.17, 15) is 0 Å². The second kappa shape index (κ2) is 12.0. The van der Waals surface area contributed by atoms with E-state index in [-0.39, 0.29) is 0 Å². The van der Waals surface area contributed by atoms with Crippen molar-refractivity contribution in [2.75, 3.05) is 32.7 Å². The van der Waals surface area contributed by atoms with Crippen LogP contribution in [0.5, 0.6) is 0 Å². The predicted molar refractivity (Wildman–Crippen MR) is 156 cm³/mol. The van der Waals surface area contributed by atoms with E-state index in [1.807, 2.05) is 18.2 Å². The van der Waals surface area contributed by atoms with E-state index >= 15 is 0 Å². The number of fused-ring (bicyclic) bond motifs is 1. The molecule has 1 fully saturated rings. The van der Waals surface area contributed by atoms with Crippen LogP contribution in [-0.4, -0.2) is 47.1 Å². The summed E-state index contributed by atoms with van der Waals surface area (Å²) in [5.74, 6) is 0. The minimum absolute atomic E-state index is 0.557. The zero-order valence-electron chi connectivity index (χ0n) is 21.2. The number of nitrogens with two attached hydrogens (primary N) is 2. The van der Waals surface area contributed by atoms with E-state index in [1.165, 1.54) is 27.6 Å². The Morgan fingerprint density at radius 1 is 0.757 bits per heavy atom. The van der Waals surface area contributed by atoms with Gasteiger partial charge in [-0.3, -0.25) is 9.80 Å². The Balaban J connectivity index is 1.31. The summed E-state index contributed by atoms with van der Waals surface area (Å²) >= 11 is 12.8. The molecule has 0 saturated carbocycles. The van der Waals surface area contributed by atoms with E-state index < -0.39 is 0 Å². The third kappa shape index (κ3) is 6.04. The van der Waals surface area contributed by atoms with E-state index in [0.29, 0.717) is 13.1 Å². The van der Waals surface area contributed by atoms with Crippen molar-refractivity contribution in [3.63, 3.8) is 0 Å².